The number of thioether (sulfide) groups is 1. The first-order chi connectivity index (χ1) is 10.1. The van der Waals surface area contributed by atoms with E-state index in [2.05, 4.69) is 5.32 Å². The maximum absolute atomic E-state index is 12.7. The average Bonchev–Trinajstić information content (AvgIpc) is 2.48. The molecule has 2 rings (SSSR count). The van der Waals surface area contributed by atoms with Gasteiger partial charge in [-0.2, -0.15) is 16.1 Å². The largest absolute Gasteiger partial charge is 0.320 e. The van der Waals surface area contributed by atoms with Crippen LogP contribution in [0.3, 0.4) is 0 Å². The van der Waals surface area contributed by atoms with Gasteiger partial charge in [-0.05, 0) is 51.1 Å². The van der Waals surface area contributed by atoms with Crippen molar-refractivity contribution in [3.05, 3.63) is 29.8 Å². The van der Waals surface area contributed by atoms with Crippen molar-refractivity contribution in [2.75, 3.05) is 31.6 Å². The van der Waals surface area contributed by atoms with Crippen molar-refractivity contribution >= 4 is 21.8 Å². The number of aryl methyl sites for hydroxylation is 1. The molecule has 0 saturated carbocycles. The van der Waals surface area contributed by atoms with Crippen LogP contribution in [0.4, 0.5) is 0 Å². The van der Waals surface area contributed by atoms with E-state index >= 15 is 0 Å². The second-order valence-electron chi connectivity index (χ2n) is 5.39. The molecule has 118 valence electrons. The fraction of sp³-hybridized carbons (Fsp3) is 0.600. The molecule has 1 aromatic rings. The SMILES string of the molecule is CNCCCc1ccc(S(=O)(=O)N2CCSCC2C)cc1. The topological polar surface area (TPSA) is 49.4 Å². The molecule has 1 saturated heterocycles. The molecule has 1 aliphatic rings. The first-order valence-electron chi connectivity index (χ1n) is 7.39. The van der Waals surface area contributed by atoms with Crippen LogP contribution in [-0.4, -0.2) is 50.4 Å². The molecule has 0 radical (unpaired) electrons. The van der Waals surface area contributed by atoms with Crippen molar-refractivity contribution < 1.29 is 8.42 Å². The lowest BCUT2D eigenvalue weighted by atomic mass is 10.1. The third-order valence-electron chi connectivity index (χ3n) is 3.73. The normalized spacial score (nSPS) is 20.6. The predicted molar refractivity (Wildman–Crippen MR) is 89.4 cm³/mol. The fourth-order valence-corrected chi connectivity index (χ4v) is 5.36. The van der Waals surface area contributed by atoms with Gasteiger partial charge in [0.2, 0.25) is 10.0 Å². The smallest absolute Gasteiger partial charge is 0.243 e. The summed E-state index contributed by atoms with van der Waals surface area (Å²) in [6.45, 7) is 3.57. The van der Waals surface area contributed by atoms with Gasteiger partial charge in [0.25, 0.3) is 0 Å². The molecule has 1 fully saturated rings. The maximum atomic E-state index is 12.7. The standard InChI is InChI=1S/C15H24N2O2S2/c1-13-12-20-11-10-17(13)21(18,19)15-7-5-14(6-8-15)4-3-9-16-2/h5-8,13,16H,3-4,9-12H2,1-2H3. The molecule has 1 unspecified atom stereocenters. The highest BCUT2D eigenvalue weighted by atomic mass is 32.2. The molecule has 4 nitrogen and oxygen atoms in total. The molecule has 0 aromatic heterocycles. The summed E-state index contributed by atoms with van der Waals surface area (Å²) >= 11 is 1.82. The average molecular weight is 329 g/mol. The van der Waals surface area contributed by atoms with Crippen LogP contribution in [0.5, 0.6) is 0 Å². The van der Waals surface area contributed by atoms with Gasteiger partial charge in [-0.1, -0.05) is 12.1 Å². The summed E-state index contributed by atoms with van der Waals surface area (Å²) in [7, 11) is -1.41. The first-order valence-corrected chi connectivity index (χ1v) is 9.98. The second-order valence-corrected chi connectivity index (χ2v) is 8.43. The van der Waals surface area contributed by atoms with Crippen LogP contribution in [0.15, 0.2) is 29.2 Å². The summed E-state index contributed by atoms with van der Waals surface area (Å²) < 4.78 is 27.0. The number of benzene rings is 1. The summed E-state index contributed by atoms with van der Waals surface area (Å²) in [5, 5.41) is 3.12. The molecule has 1 aliphatic heterocycles. The zero-order valence-electron chi connectivity index (χ0n) is 12.7. The van der Waals surface area contributed by atoms with Gasteiger partial charge in [0.05, 0.1) is 4.90 Å². The summed E-state index contributed by atoms with van der Waals surface area (Å²) in [5.41, 5.74) is 1.19. The minimum absolute atomic E-state index is 0.0732. The summed E-state index contributed by atoms with van der Waals surface area (Å²) in [6, 6.07) is 7.44. The molecule has 1 aromatic carbocycles. The van der Waals surface area contributed by atoms with Gasteiger partial charge in [0.1, 0.15) is 0 Å². The van der Waals surface area contributed by atoms with Gasteiger partial charge >= 0.3 is 0 Å². The highest BCUT2D eigenvalue weighted by Gasteiger charge is 2.30. The Bertz CT molecular complexity index is 543. The minimum Gasteiger partial charge on any atom is -0.320 e. The van der Waals surface area contributed by atoms with E-state index in [0.29, 0.717) is 11.4 Å². The molecule has 1 heterocycles. The van der Waals surface area contributed by atoms with Crippen molar-refractivity contribution in [2.45, 2.75) is 30.7 Å². The van der Waals surface area contributed by atoms with E-state index in [1.807, 2.05) is 37.9 Å². The van der Waals surface area contributed by atoms with Crippen LogP contribution in [0.2, 0.25) is 0 Å². The Labute approximate surface area is 132 Å². The van der Waals surface area contributed by atoms with Gasteiger partial charge in [-0.3, -0.25) is 0 Å². The Balaban J connectivity index is 2.09. The van der Waals surface area contributed by atoms with E-state index in [4.69, 9.17) is 0 Å². The number of hydrogen-bond acceptors (Lipinski definition) is 4. The fourth-order valence-electron chi connectivity index (χ4n) is 2.50. The van der Waals surface area contributed by atoms with Crippen molar-refractivity contribution in [1.29, 1.82) is 0 Å². The van der Waals surface area contributed by atoms with Crippen molar-refractivity contribution in [3.8, 4) is 0 Å². The predicted octanol–water partition coefficient (Wildman–Crippen LogP) is 1.96. The van der Waals surface area contributed by atoms with E-state index < -0.39 is 10.0 Å². The van der Waals surface area contributed by atoms with Crippen LogP contribution in [-0.2, 0) is 16.4 Å². The van der Waals surface area contributed by atoms with Crippen LogP contribution in [0.1, 0.15) is 18.9 Å². The Morgan fingerprint density at radius 3 is 2.67 bits per heavy atom. The Hall–Kier alpha value is -0.560. The Morgan fingerprint density at radius 1 is 1.33 bits per heavy atom. The molecule has 1 atom stereocenters. The molecule has 0 bridgehead atoms. The number of nitrogens with one attached hydrogen (secondary N) is 1. The summed E-state index contributed by atoms with van der Waals surface area (Å²) in [4.78, 5) is 0.415. The summed E-state index contributed by atoms with van der Waals surface area (Å²) in [6.07, 6.45) is 2.03. The third-order valence-corrected chi connectivity index (χ3v) is 6.95. The lowest BCUT2D eigenvalue weighted by molar-refractivity contribution is 0.367. The number of rotatable bonds is 6. The van der Waals surface area contributed by atoms with E-state index in [1.54, 1.807) is 16.4 Å². The highest BCUT2D eigenvalue weighted by molar-refractivity contribution is 7.99. The highest BCUT2D eigenvalue weighted by Crippen LogP contribution is 2.24. The van der Waals surface area contributed by atoms with Crippen LogP contribution < -0.4 is 5.32 Å². The van der Waals surface area contributed by atoms with Crippen LogP contribution in [0, 0.1) is 0 Å². The maximum Gasteiger partial charge on any atom is 0.243 e. The second kappa shape index (κ2) is 7.63. The van der Waals surface area contributed by atoms with Crippen molar-refractivity contribution in [3.63, 3.8) is 0 Å². The molecule has 0 aliphatic carbocycles. The monoisotopic (exact) mass is 328 g/mol. The zero-order valence-corrected chi connectivity index (χ0v) is 14.3. The van der Waals surface area contributed by atoms with Gasteiger partial charge in [-0.15, -0.1) is 0 Å². The lowest BCUT2D eigenvalue weighted by Gasteiger charge is -2.31. The third kappa shape index (κ3) is 4.22. The van der Waals surface area contributed by atoms with Crippen molar-refractivity contribution in [2.24, 2.45) is 0 Å². The number of nitrogens with zero attached hydrogens (tertiary/aromatic N) is 1. The molecule has 0 spiro atoms. The molecule has 21 heavy (non-hydrogen) atoms. The molecule has 6 heteroatoms. The van der Waals surface area contributed by atoms with Gasteiger partial charge in [-0.25, -0.2) is 8.42 Å². The van der Waals surface area contributed by atoms with E-state index in [1.165, 1.54) is 5.56 Å². The van der Waals surface area contributed by atoms with Crippen LogP contribution >= 0.6 is 11.8 Å². The van der Waals surface area contributed by atoms with Crippen molar-refractivity contribution in [1.82, 2.24) is 9.62 Å². The molecular weight excluding hydrogens is 304 g/mol. The first kappa shape index (κ1) is 16.8. The number of sulfonamides is 1. The quantitative estimate of drug-likeness (QED) is 0.811. The molecular formula is C15H24N2O2S2. The Morgan fingerprint density at radius 2 is 2.05 bits per heavy atom. The Kier molecular flexibility index (Phi) is 6.10. The lowest BCUT2D eigenvalue weighted by Crippen LogP contribution is -2.44. The summed E-state index contributed by atoms with van der Waals surface area (Å²) in [5.74, 6) is 1.76. The van der Waals surface area contributed by atoms with E-state index in [9.17, 15) is 8.42 Å². The van der Waals surface area contributed by atoms with E-state index in [0.717, 1.165) is 30.9 Å². The van der Waals surface area contributed by atoms with Gasteiger partial charge < -0.3 is 5.32 Å². The van der Waals surface area contributed by atoms with Crippen LogP contribution in [0.25, 0.3) is 0 Å². The number of hydrogen-bond donors (Lipinski definition) is 1. The van der Waals surface area contributed by atoms with Gasteiger partial charge in [0.15, 0.2) is 0 Å². The van der Waals surface area contributed by atoms with E-state index in [-0.39, 0.29) is 6.04 Å². The molecule has 0 amide bonds. The van der Waals surface area contributed by atoms with Gasteiger partial charge in [0, 0.05) is 24.1 Å². The molecule has 1 N–H and O–H groups in total. The zero-order chi connectivity index (χ0) is 15.3. The minimum atomic E-state index is -3.35.